The van der Waals surface area contributed by atoms with Crippen LogP contribution >= 0.6 is 0 Å². The van der Waals surface area contributed by atoms with E-state index in [4.69, 9.17) is 4.74 Å². The van der Waals surface area contributed by atoms with Gasteiger partial charge in [-0.05, 0) is 24.1 Å². The number of methoxy groups -OCH3 is 1. The highest BCUT2D eigenvalue weighted by molar-refractivity contribution is 5.85. The summed E-state index contributed by atoms with van der Waals surface area (Å²) < 4.78 is 41.2. The molecule has 1 amide bonds. The van der Waals surface area contributed by atoms with Gasteiger partial charge in [-0.2, -0.15) is 13.2 Å². The van der Waals surface area contributed by atoms with Gasteiger partial charge in [-0.25, -0.2) is 0 Å². The van der Waals surface area contributed by atoms with Crippen LogP contribution in [0.2, 0.25) is 0 Å². The van der Waals surface area contributed by atoms with Gasteiger partial charge in [0, 0.05) is 6.54 Å². The monoisotopic (exact) mass is 303 g/mol. The number of carbonyl (C=O) groups excluding carboxylic acids is 1. The third-order valence-electron chi connectivity index (χ3n) is 2.88. The minimum atomic E-state index is -4.90. The topological polar surface area (TPSA) is 87.0 Å². The molecular weight excluding hydrogens is 291 g/mol. The van der Waals surface area contributed by atoms with Crippen molar-refractivity contribution >= 4 is 16.8 Å². The van der Waals surface area contributed by atoms with Gasteiger partial charge in [0.2, 0.25) is 0 Å². The lowest BCUT2D eigenvalue weighted by molar-refractivity contribution is -0.173. The molecule has 9 heteroatoms. The first-order valence-electron chi connectivity index (χ1n) is 5.95. The predicted octanol–water partition coefficient (Wildman–Crippen LogP) is 1.09. The van der Waals surface area contributed by atoms with Crippen molar-refractivity contribution < 1.29 is 22.7 Å². The first-order valence-corrected chi connectivity index (χ1v) is 5.95. The van der Waals surface area contributed by atoms with Gasteiger partial charge in [-0.15, -0.1) is 0 Å². The van der Waals surface area contributed by atoms with Crippen LogP contribution in [0.4, 0.5) is 13.2 Å². The molecular formula is C12H12F3N3O3. The van der Waals surface area contributed by atoms with Crippen molar-refractivity contribution in [3.63, 3.8) is 0 Å². The number of carbonyl (C=O) groups is 1. The van der Waals surface area contributed by atoms with Crippen LogP contribution in [0.5, 0.6) is 5.75 Å². The highest BCUT2D eigenvalue weighted by atomic mass is 19.4. The number of hydrogen-bond donors (Lipinski definition) is 3. The Bertz CT molecular complexity index is 718. The molecule has 0 saturated heterocycles. The zero-order chi connectivity index (χ0) is 15.6. The molecule has 0 aliphatic rings. The lowest BCUT2D eigenvalue weighted by Crippen LogP contribution is -2.37. The minimum Gasteiger partial charge on any atom is -0.494 e. The van der Waals surface area contributed by atoms with Gasteiger partial charge in [-0.3, -0.25) is 19.8 Å². The fraction of sp³-hybridized carbons (Fsp3) is 0.333. The first kappa shape index (κ1) is 14.9. The van der Waals surface area contributed by atoms with Gasteiger partial charge in [0.1, 0.15) is 11.3 Å². The second-order valence-corrected chi connectivity index (χ2v) is 4.30. The fourth-order valence-corrected chi connectivity index (χ4v) is 1.89. The molecule has 2 rings (SSSR count). The van der Waals surface area contributed by atoms with E-state index in [1.54, 1.807) is 11.4 Å². The van der Waals surface area contributed by atoms with Crippen LogP contribution in [0.15, 0.2) is 16.9 Å². The van der Waals surface area contributed by atoms with Gasteiger partial charge >= 0.3 is 12.1 Å². The van der Waals surface area contributed by atoms with E-state index in [9.17, 15) is 22.8 Å². The molecule has 21 heavy (non-hydrogen) atoms. The van der Waals surface area contributed by atoms with Gasteiger partial charge < -0.3 is 10.1 Å². The number of rotatable bonds is 4. The average molecular weight is 303 g/mol. The number of H-pyrrole nitrogens is 2. The Kier molecular flexibility index (Phi) is 3.92. The maximum atomic E-state index is 12.0. The number of halogens is 3. The first-order chi connectivity index (χ1) is 9.82. The third kappa shape index (κ3) is 3.18. The lowest BCUT2D eigenvalue weighted by Gasteiger charge is -2.09. The highest BCUT2D eigenvalue weighted by Gasteiger charge is 2.38. The zero-order valence-electron chi connectivity index (χ0n) is 10.9. The number of alkyl halides is 3. The van der Waals surface area contributed by atoms with E-state index in [2.05, 4.69) is 10.2 Å². The zero-order valence-corrected chi connectivity index (χ0v) is 10.9. The van der Waals surface area contributed by atoms with E-state index in [1.807, 2.05) is 0 Å². The number of aromatic amines is 2. The van der Waals surface area contributed by atoms with Crippen LogP contribution in [0.3, 0.4) is 0 Å². The van der Waals surface area contributed by atoms with Crippen LogP contribution in [0.25, 0.3) is 10.9 Å². The molecule has 0 atom stereocenters. The van der Waals surface area contributed by atoms with Crippen molar-refractivity contribution in [2.75, 3.05) is 13.7 Å². The summed E-state index contributed by atoms with van der Waals surface area (Å²) in [4.78, 5) is 22.2. The van der Waals surface area contributed by atoms with Crippen molar-refractivity contribution in [2.24, 2.45) is 0 Å². The molecule has 1 aromatic carbocycles. The van der Waals surface area contributed by atoms with E-state index >= 15 is 0 Å². The molecule has 0 bridgehead atoms. The third-order valence-corrected chi connectivity index (χ3v) is 2.88. The Balaban J connectivity index is 2.14. The molecule has 1 aromatic heterocycles. The maximum Gasteiger partial charge on any atom is 0.471 e. The van der Waals surface area contributed by atoms with Gasteiger partial charge in [0.05, 0.1) is 12.5 Å². The van der Waals surface area contributed by atoms with Crippen LogP contribution < -0.4 is 15.6 Å². The Hall–Kier alpha value is -2.45. The summed E-state index contributed by atoms with van der Waals surface area (Å²) in [6.07, 6.45) is -4.77. The Morgan fingerprint density at radius 1 is 1.33 bits per heavy atom. The van der Waals surface area contributed by atoms with Gasteiger partial charge in [0.25, 0.3) is 5.56 Å². The molecule has 114 valence electrons. The molecule has 0 spiro atoms. The van der Waals surface area contributed by atoms with Crippen molar-refractivity contribution in [2.45, 2.75) is 12.6 Å². The summed E-state index contributed by atoms with van der Waals surface area (Å²) in [7, 11) is 1.41. The second kappa shape index (κ2) is 5.51. The molecule has 1 heterocycles. The fourth-order valence-electron chi connectivity index (χ4n) is 1.89. The van der Waals surface area contributed by atoms with Gasteiger partial charge in [-0.1, -0.05) is 0 Å². The van der Waals surface area contributed by atoms with Crippen LogP contribution in [0, 0.1) is 0 Å². The van der Waals surface area contributed by atoms with E-state index < -0.39 is 12.1 Å². The largest absolute Gasteiger partial charge is 0.494 e. The summed E-state index contributed by atoms with van der Waals surface area (Å²) in [6, 6.07) is 3.12. The number of ether oxygens (including phenoxy) is 1. The molecule has 0 fully saturated rings. The quantitative estimate of drug-likeness (QED) is 0.790. The number of benzene rings is 1. The van der Waals surface area contributed by atoms with Crippen molar-refractivity contribution in [1.29, 1.82) is 0 Å². The number of hydrogen-bond acceptors (Lipinski definition) is 3. The Morgan fingerprint density at radius 3 is 2.67 bits per heavy atom. The molecule has 2 aromatic rings. The van der Waals surface area contributed by atoms with E-state index in [0.717, 1.165) is 0 Å². The normalized spacial score (nSPS) is 11.6. The molecule has 0 aliphatic carbocycles. The molecule has 0 radical (unpaired) electrons. The summed E-state index contributed by atoms with van der Waals surface area (Å²) in [5.41, 5.74) is 0.696. The SMILES string of the molecule is COc1cc(CCNC(=O)C(F)(F)F)cc2c(=O)[nH][nH]c12. The smallest absolute Gasteiger partial charge is 0.471 e. The predicted molar refractivity (Wildman–Crippen MR) is 68.2 cm³/mol. The summed E-state index contributed by atoms with van der Waals surface area (Å²) >= 11 is 0. The van der Waals surface area contributed by atoms with Crippen LogP contribution in [0.1, 0.15) is 5.56 Å². The maximum absolute atomic E-state index is 12.0. The van der Waals surface area contributed by atoms with E-state index in [0.29, 0.717) is 22.2 Å². The Morgan fingerprint density at radius 2 is 2.05 bits per heavy atom. The average Bonchev–Trinajstić information content (AvgIpc) is 2.78. The molecule has 3 N–H and O–H groups in total. The van der Waals surface area contributed by atoms with Crippen molar-refractivity contribution in [3.8, 4) is 5.75 Å². The summed E-state index contributed by atoms with van der Waals surface area (Å²) in [5, 5.41) is 7.15. The number of nitrogens with one attached hydrogen (secondary N) is 3. The second-order valence-electron chi connectivity index (χ2n) is 4.30. The van der Waals surface area contributed by atoms with E-state index in [-0.39, 0.29) is 18.5 Å². The summed E-state index contributed by atoms with van der Waals surface area (Å²) in [5.74, 6) is -1.60. The van der Waals surface area contributed by atoms with Crippen molar-refractivity contribution in [1.82, 2.24) is 15.5 Å². The standard InChI is InChI=1S/C12H12F3N3O3/c1-21-8-5-6(2-3-16-11(20)12(13,14)15)4-7-9(8)17-18-10(7)19/h4-5H,2-3H2,1H3,(H,16,20)(H2,17,18,19). The number of amides is 1. The van der Waals surface area contributed by atoms with Crippen LogP contribution in [-0.2, 0) is 11.2 Å². The number of fused-ring (bicyclic) bond motifs is 1. The lowest BCUT2D eigenvalue weighted by atomic mass is 10.1. The summed E-state index contributed by atoms with van der Waals surface area (Å²) in [6.45, 7) is -0.199. The van der Waals surface area contributed by atoms with Crippen molar-refractivity contribution in [3.05, 3.63) is 28.0 Å². The molecule has 6 nitrogen and oxygen atoms in total. The molecule has 0 unspecified atom stereocenters. The molecule has 0 saturated carbocycles. The Labute approximate surface area is 116 Å². The minimum absolute atomic E-state index is 0.138. The number of aromatic nitrogens is 2. The van der Waals surface area contributed by atoms with E-state index in [1.165, 1.54) is 13.2 Å². The molecule has 0 aliphatic heterocycles. The highest BCUT2D eigenvalue weighted by Crippen LogP contribution is 2.23. The van der Waals surface area contributed by atoms with Crippen LogP contribution in [-0.4, -0.2) is 35.9 Å². The van der Waals surface area contributed by atoms with Gasteiger partial charge in [0.15, 0.2) is 0 Å².